The van der Waals surface area contributed by atoms with E-state index in [2.05, 4.69) is 35.8 Å². The maximum atomic E-state index is 4.38. The Hall–Kier alpha value is -1.71. The number of rotatable bonds is 1. The van der Waals surface area contributed by atoms with Gasteiger partial charge in [0.1, 0.15) is 0 Å². The fraction of sp³-hybridized carbons (Fsp3) is 0.364. The molecule has 15 heavy (non-hydrogen) atoms. The molecule has 0 aliphatic rings. The molecule has 0 radical (unpaired) electrons. The van der Waals surface area contributed by atoms with E-state index >= 15 is 0 Å². The van der Waals surface area contributed by atoms with Crippen LogP contribution in [0.3, 0.4) is 0 Å². The first kappa shape index (κ1) is 9.83. The molecule has 2 heterocycles. The second kappa shape index (κ2) is 3.46. The Bertz CT molecular complexity index is 440. The van der Waals surface area contributed by atoms with Crippen LogP contribution in [0.25, 0.3) is 5.82 Å². The Labute approximate surface area is 89.0 Å². The number of nitrogens with zero attached hydrogens (tertiary/aromatic N) is 4. The number of hydrogen-bond donors (Lipinski definition) is 0. The van der Waals surface area contributed by atoms with Crippen molar-refractivity contribution in [1.29, 1.82) is 0 Å². The van der Waals surface area contributed by atoms with Crippen molar-refractivity contribution in [2.24, 2.45) is 0 Å². The van der Waals surface area contributed by atoms with Gasteiger partial charge in [0.25, 0.3) is 0 Å². The Morgan fingerprint density at radius 3 is 2.40 bits per heavy atom. The molecular weight excluding hydrogens is 188 g/mol. The average Bonchev–Trinajstić information content (AvgIpc) is 2.69. The zero-order chi connectivity index (χ0) is 10.9. The molecule has 0 spiro atoms. The molecule has 0 bridgehead atoms. The lowest BCUT2D eigenvalue weighted by Gasteiger charge is -2.19. The fourth-order valence-corrected chi connectivity index (χ4v) is 1.42. The maximum Gasteiger partial charge on any atom is 0.175 e. The second-order valence-electron chi connectivity index (χ2n) is 4.43. The molecule has 0 aliphatic heterocycles. The summed E-state index contributed by atoms with van der Waals surface area (Å²) >= 11 is 0. The van der Waals surface area contributed by atoms with E-state index in [0.29, 0.717) is 0 Å². The predicted octanol–water partition coefficient (Wildman–Crippen LogP) is 1.96. The van der Waals surface area contributed by atoms with Gasteiger partial charge in [0, 0.05) is 30.2 Å². The van der Waals surface area contributed by atoms with Gasteiger partial charge in [-0.3, -0.25) is 4.98 Å². The molecule has 0 unspecified atom stereocenters. The minimum atomic E-state index is -0.0322. The van der Waals surface area contributed by atoms with E-state index < -0.39 is 0 Å². The summed E-state index contributed by atoms with van der Waals surface area (Å²) in [6.07, 6.45) is 7.01. The van der Waals surface area contributed by atoms with Crippen LogP contribution in [0.15, 0.2) is 30.9 Å². The molecule has 0 amide bonds. The van der Waals surface area contributed by atoms with Gasteiger partial charge in [-0.05, 0) is 6.07 Å². The molecular formula is C11H14N4. The second-order valence-corrected chi connectivity index (χ2v) is 4.43. The summed E-state index contributed by atoms with van der Waals surface area (Å²) in [5.74, 6) is 0.801. The maximum absolute atomic E-state index is 4.38. The molecule has 4 heteroatoms. The molecule has 2 rings (SSSR count). The van der Waals surface area contributed by atoms with Crippen molar-refractivity contribution in [2.45, 2.75) is 26.2 Å². The van der Waals surface area contributed by atoms with Gasteiger partial charge in [0.05, 0.1) is 5.69 Å². The summed E-state index contributed by atoms with van der Waals surface area (Å²) in [5.41, 5.74) is 0.920. The monoisotopic (exact) mass is 202 g/mol. The molecule has 0 saturated heterocycles. The highest BCUT2D eigenvalue weighted by atomic mass is 15.3. The highest BCUT2D eigenvalue weighted by molar-refractivity contribution is 5.31. The van der Waals surface area contributed by atoms with E-state index in [1.165, 1.54) is 0 Å². The summed E-state index contributed by atoms with van der Waals surface area (Å²) < 4.78 is 1.74. The summed E-state index contributed by atoms with van der Waals surface area (Å²) in [6.45, 7) is 6.35. The van der Waals surface area contributed by atoms with Crippen LogP contribution in [-0.4, -0.2) is 19.7 Å². The van der Waals surface area contributed by atoms with Crippen molar-refractivity contribution < 1.29 is 0 Å². The van der Waals surface area contributed by atoms with Crippen LogP contribution in [0.4, 0.5) is 0 Å². The van der Waals surface area contributed by atoms with Gasteiger partial charge in [-0.1, -0.05) is 20.8 Å². The standard InChI is InChI=1S/C11H14N4/c1-11(2,3)9-10(13-7-6-12-9)15-8-4-5-14-15/h4-8H,1-3H3. The minimum absolute atomic E-state index is 0.0322. The normalized spacial score (nSPS) is 11.7. The third kappa shape index (κ3) is 1.88. The third-order valence-electron chi connectivity index (χ3n) is 2.11. The topological polar surface area (TPSA) is 43.6 Å². The predicted molar refractivity (Wildman–Crippen MR) is 57.9 cm³/mol. The van der Waals surface area contributed by atoms with Crippen LogP contribution >= 0.6 is 0 Å². The van der Waals surface area contributed by atoms with Gasteiger partial charge in [-0.25, -0.2) is 9.67 Å². The Morgan fingerprint density at radius 2 is 1.80 bits per heavy atom. The van der Waals surface area contributed by atoms with E-state index in [9.17, 15) is 0 Å². The van der Waals surface area contributed by atoms with Crippen molar-refractivity contribution in [3.63, 3.8) is 0 Å². The summed E-state index contributed by atoms with van der Waals surface area (Å²) in [4.78, 5) is 8.71. The highest BCUT2D eigenvalue weighted by Gasteiger charge is 2.21. The zero-order valence-corrected chi connectivity index (χ0v) is 9.18. The van der Waals surface area contributed by atoms with E-state index in [-0.39, 0.29) is 5.41 Å². The van der Waals surface area contributed by atoms with Gasteiger partial charge >= 0.3 is 0 Å². The van der Waals surface area contributed by atoms with Gasteiger partial charge in [-0.2, -0.15) is 5.10 Å². The lowest BCUT2D eigenvalue weighted by atomic mass is 9.92. The van der Waals surface area contributed by atoms with Crippen LogP contribution in [0.2, 0.25) is 0 Å². The molecule has 0 aromatic carbocycles. The van der Waals surface area contributed by atoms with E-state index in [0.717, 1.165) is 11.5 Å². The quantitative estimate of drug-likeness (QED) is 0.710. The molecule has 2 aromatic heterocycles. The van der Waals surface area contributed by atoms with Crippen LogP contribution in [-0.2, 0) is 5.41 Å². The van der Waals surface area contributed by atoms with Gasteiger partial charge in [0.2, 0.25) is 0 Å². The smallest absolute Gasteiger partial charge is 0.175 e. The summed E-state index contributed by atoms with van der Waals surface area (Å²) in [5, 5.41) is 4.17. The fourth-order valence-electron chi connectivity index (χ4n) is 1.42. The number of hydrogen-bond acceptors (Lipinski definition) is 3. The van der Waals surface area contributed by atoms with Crippen molar-refractivity contribution in [2.75, 3.05) is 0 Å². The van der Waals surface area contributed by atoms with Crippen molar-refractivity contribution in [3.05, 3.63) is 36.5 Å². The zero-order valence-electron chi connectivity index (χ0n) is 9.18. The van der Waals surface area contributed by atoms with Crippen molar-refractivity contribution >= 4 is 0 Å². The molecule has 0 N–H and O–H groups in total. The summed E-state index contributed by atoms with van der Waals surface area (Å²) in [6, 6.07) is 1.88. The Kier molecular flexibility index (Phi) is 2.26. The van der Waals surface area contributed by atoms with Crippen LogP contribution in [0.1, 0.15) is 26.5 Å². The third-order valence-corrected chi connectivity index (χ3v) is 2.11. The first-order valence-corrected chi connectivity index (χ1v) is 4.90. The molecule has 0 fully saturated rings. The van der Waals surface area contributed by atoms with E-state index in [4.69, 9.17) is 0 Å². The van der Waals surface area contributed by atoms with Gasteiger partial charge in [-0.15, -0.1) is 0 Å². The first-order valence-electron chi connectivity index (χ1n) is 4.90. The summed E-state index contributed by atoms with van der Waals surface area (Å²) in [7, 11) is 0. The molecule has 0 aliphatic carbocycles. The van der Waals surface area contributed by atoms with Crippen molar-refractivity contribution in [3.8, 4) is 5.82 Å². The van der Waals surface area contributed by atoms with Crippen LogP contribution in [0.5, 0.6) is 0 Å². The van der Waals surface area contributed by atoms with Crippen LogP contribution < -0.4 is 0 Å². The molecule has 78 valence electrons. The highest BCUT2D eigenvalue weighted by Crippen LogP contribution is 2.23. The largest absolute Gasteiger partial charge is 0.255 e. The lowest BCUT2D eigenvalue weighted by Crippen LogP contribution is -2.18. The Morgan fingerprint density at radius 1 is 1.07 bits per heavy atom. The molecule has 0 atom stereocenters. The van der Waals surface area contributed by atoms with E-state index in [1.807, 2.05) is 12.3 Å². The lowest BCUT2D eigenvalue weighted by molar-refractivity contribution is 0.556. The molecule has 4 nitrogen and oxygen atoms in total. The average molecular weight is 202 g/mol. The van der Waals surface area contributed by atoms with E-state index in [1.54, 1.807) is 23.3 Å². The minimum Gasteiger partial charge on any atom is -0.255 e. The van der Waals surface area contributed by atoms with Gasteiger partial charge in [0.15, 0.2) is 5.82 Å². The first-order chi connectivity index (χ1) is 7.09. The SMILES string of the molecule is CC(C)(C)c1nccnc1-n1cccn1. The van der Waals surface area contributed by atoms with Crippen molar-refractivity contribution in [1.82, 2.24) is 19.7 Å². The number of aromatic nitrogens is 4. The molecule has 0 saturated carbocycles. The van der Waals surface area contributed by atoms with Crippen LogP contribution in [0, 0.1) is 0 Å². The Balaban J connectivity index is 2.58. The molecule has 2 aromatic rings. The van der Waals surface area contributed by atoms with Gasteiger partial charge < -0.3 is 0 Å².